The van der Waals surface area contributed by atoms with E-state index in [-0.39, 0.29) is 23.8 Å². The predicted octanol–water partition coefficient (Wildman–Crippen LogP) is 2.84. The maximum absolute atomic E-state index is 13.9. The van der Waals surface area contributed by atoms with Gasteiger partial charge < -0.3 is 54.9 Å². The number of phenolic OH excluding ortho intramolecular Hbond substituents is 1. The second-order valence-electron chi connectivity index (χ2n) is 13.1. The summed E-state index contributed by atoms with van der Waals surface area (Å²) in [6, 6.07) is 22.0. The van der Waals surface area contributed by atoms with Crippen LogP contribution in [0.5, 0.6) is 11.5 Å². The second-order valence-corrected chi connectivity index (χ2v) is 13.1. The number of hydrogen-bond donors (Lipinski definition) is 8. The number of nitrogens with one attached hydrogen (secondary N) is 1. The Kier molecular flexibility index (Phi) is 8.84. The predicted molar refractivity (Wildman–Crippen MR) is 177 cm³/mol. The molecule has 1 saturated carbocycles. The maximum Gasteiger partial charge on any atom is 0.343 e. The highest BCUT2D eigenvalue weighted by molar-refractivity contribution is 6.14. The molecule has 12 heteroatoms. The van der Waals surface area contributed by atoms with Crippen molar-refractivity contribution in [3.8, 4) is 11.5 Å². The normalized spacial score (nSPS) is 24.3. The van der Waals surface area contributed by atoms with Gasteiger partial charge >= 0.3 is 5.97 Å². The first-order chi connectivity index (χ1) is 23.6. The number of rotatable bonds is 10. The Morgan fingerprint density at radius 3 is 2.31 bits per heavy atom. The molecule has 0 amide bonds. The Bertz CT molecular complexity index is 1980. The number of fused-ring (bicyclic) bond motifs is 4. The minimum Gasteiger partial charge on any atom is -0.508 e. The van der Waals surface area contributed by atoms with Crippen molar-refractivity contribution in [3.05, 3.63) is 84.1 Å². The number of H-pyrrole nitrogens is 1. The lowest BCUT2D eigenvalue weighted by atomic mass is 9.68. The smallest absolute Gasteiger partial charge is 0.343 e. The first-order valence-electron chi connectivity index (χ1n) is 16.3. The summed E-state index contributed by atoms with van der Waals surface area (Å²) in [6.07, 6.45) is -4.35. The molecule has 0 radical (unpaired) electrons. The number of carbonyl (C=O) groups excluding carboxylic acids is 1. The zero-order chi connectivity index (χ0) is 34.5. The van der Waals surface area contributed by atoms with E-state index in [1.807, 2.05) is 48.5 Å². The van der Waals surface area contributed by atoms with Gasteiger partial charge in [-0.15, -0.1) is 0 Å². The Balaban J connectivity index is 1.22. The van der Waals surface area contributed by atoms with E-state index in [0.717, 1.165) is 39.9 Å². The van der Waals surface area contributed by atoms with Gasteiger partial charge in [0.1, 0.15) is 18.0 Å². The number of esters is 1. The third kappa shape index (κ3) is 5.73. The van der Waals surface area contributed by atoms with Crippen LogP contribution in [-0.4, -0.2) is 90.3 Å². The lowest BCUT2D eigenvalue weighted by Gasteiger charge is -2.40. The maximum atomic E-state index is 13.9. The first kappa shape index (κ1) is 33.4. The molecule has 0 unspecified atom stereocenters. The third-order valence-corrected chi connectivity index (χ3v) is 10.4. The average molecular weight is 674 g/mol. The van der Waals surface area contributed by atoms with Gasteiger partial charge in [0.05, 0.1) is 36.4 Å². The van der Waals surface area contributed by atoms with Crippen molar-refractivity contribution in [2.75, 3.05) is 13.2 Å². The van der Waals surface area contributed by atoms with E-state index in [9.17, 15) is 40.5 Å². The molecule has 12 nitrogen and oxygen atoms in total. The molecule has 258 valence electrons. The summed E-state index contributed by atoms with van der Waals surface area (Å²) in [7, 11) is 0. The summed E-state index contributed by atoms with van der Waals surface area (Å²) in [4.78, 5) is 17.0. The molecule has 2 fully saturated rings. The van der Waals surface area contributed by atoms with Gasteiger partial charge in [-0.3, -0.25) is 0 Å². The van der Waals surface area contributed by atoms with Gasteiger partial charge in [0, 0.05) is 11.3 Å². The average Bonchev–Trinajstić information content (AvgIpc) is 3.80. The van der Waals surface area contributed by atoms with Crippen molar-refractivity contribution in [3.63, 3.8) is 0 Å². The number of benzene rings is 4. The summed E-state index contributed by atoms with van der Waals surface area (Å²) >= 11 is 0. The van der Waals surface area contributed by atoms with Gasteiger partial charge in [0.25, 0.3) is 0 Å². The van der Waals surface area contributed by atoms with Gasteiger partial charge in [0.2, 0.25) is 5.79 Å². The molecule has 49 heavy (non-hydrogen) atoms. The van der Waals surface area contributed by atoms with Gasteiger partial charge in [-0.2, -0.15) is 0 Å². The largest absolute Gasteiger partial charge is 0.508 e. The van der Waals surface area contributed by atoms with Crippen LogP contribution in [0, 0.1) is 5.92 Å². The molecule has 4 aromatic carbocycles. The minimum atomic E-state index is -2.59. The van der Waals surface area contributed by atoms with Gasteiger partial charge in [0.15, 0.2) is 18.1 Å². The molecule has 5 atom stereocenters. The summed E-state index contributed by atoms with van der Waals surface area (Å²) in [5.41, 5.74) is 0.808. The van der Waals surface area contributed by atoms with Crippen molar-refractivity contribution in [2.24, 2.45) is 5.92 Å². The molecule has 1 saturated heterocycles. The summed E-state index contributed by atoms with van der Waals surface area (Å²) in [5.74, 6) is -4.51. The highest BCUT2D eigenvalue weighted by atomic mass is 16.7. The van der Waals surface area contributed by atoms with Crippen LogP contribution in [0.2, 0.25) is 0 Å². The molecule has 0 bridgehead atoms. The van der Waals surface area contributed by atoms with Crippen molar-refractivity contribution in [1.29, 1.82) is 0 Å². The third-order valence-electron chi connectivity index (χ3n) is 10.4. The zero-order valence-electron chi connectivity index (χ0n) is 26.5. The van der Waals surface area contributed by atoms with E-state index < -0.39 is 60.9 Å². The number of aromatic amines is 1. The Morgan fingerprint density at radius 2 is 1.65 bits per heavy atom. The van der Waals surface area contributed by atoms with Crippen molar-refractivity contribution < 1.29 is 54.8 Å². The molecule has 2 aliphatic rings. The summed E-state index contributed by atoms with van der Waals surface area (Å²) in [6.45, 7) is -1.95. The van der Waals surface area contributed by atoms with Crippen LogP contribution in [0.4, 0.5) is 0 Å². The van der Waals surface area contributed by atoms with Crippen LogP contribution in [0.25, 0.3) is 32.4 Å². The van der Waals surface area contributed by atoms with Crippen LogP contribution in [0.15, 0.2) is 72.8 Å². The number of hydrogen-bond acceptors (Lipinski definition) is 11. The fourth-order valence-corrected chi connectivity index (χ4v) is 7.80. The first-order valence-corrected chi connectivity index (χ1v) is 16.3. The number of aromatic hydroxyl groups is 1. The van der Waals surface area contributed by atoms with E-state index in [1.165, 1.54) is 12.1 Å². The standard InChI is InChI=1S/C37H39NO11/c39-17-28-30(29-25-16-21-6-2-1-5-20(21)15-22(25)7-12-27(29)38-28)48-35(45)32-31(33(42)37(46,19-40)49-32)47-18-26(34(43)44)36(13-3-4-14-36)23-8-10-24(41)11-9-23/h1-2,5-12,15-16,26,31-34,38-44,46H,3-4,13-14,17-19H2/t26-,31-,32+,33+,37-/m0/s1. The van der Waals surface area contributed by atoms with Gasteiger partial charge in [-0.05, 0) is 70.3 Å². The molecule has 1 aromatic heterocycles. The van der Waals surface area contributed by atoms with Gasteiger partial charge in [-0.1, -0.05) is 55.3 Å². The molecular formula is C37H39NO11. The number of phenols is 1. The second kappa shape index (κ2) is 13.0. The minimum absolute atomic E-state index is 0.0283. The van der Waals surface area contributed by atoms with E-state index in [0.29, 0.717) is 23.7 Å². The molecule has 1 aliphatic carbocycles. The van der Waals surface area contributed by atoms with Crippen LogP contribution in [0.1, 0.15) is 36.9 Å². The van der Waals surface area contributed by atoms with Crippen LogP contribution in [-0.2, 0) is 26.3 Å². The number of carbonyl (C=O) groups is 1. The van der Waals surface area contributed by atoms with E-state index >= 15 is 0 Å². The molecular weight excluding hydrogens is 634 g/mol. The number of aliphatic hydroxyl groups is 6. The topological polar surface area (TPSA) is 202 Å². The Morgan fingerprint density at radius 1 is 0.959 bits per heavy atom. The van der Waals surface area contributed by atoms with Gasteiger partial charge in [-0.25, -0.2) is 4.79 Å². The van der Waals surface area contributed by atoms with E-state index in [2.05, 4.69) is 4.98 Å². The van der Waals surface area contributed by atoms with Crippen LogP contribution in [0.3, 0.4) is 0 Å². The highest BCUT2D eigenvalue weighted by Gasteiger charge is 2.58. The summed E-state index contributed by atoms with van der Waals surface area (Å²) in [5, 5.41) is 77.5. The fourth-order valence-electron chi connectivity index (χ4n) is 7.80. The lowest BCUT2D eigenvalue weighted by molar-refractivity contribution is -0.246. The lowest BCUT2D eigenvalue weighted by Crippen LogP contribution is -2.49. The Labute approximate surface area is 280 Å². The molecule has 0 spiro atoms. The van der Waals surface area contributed by atoms with Crippen molar-refractivity contribution in [2.45, 2.75) is 68.1 Å². The SMILES string of the molecule is O=C(Oc1c(CO)[nH]c2ccc3cc4ccccc4cc3c12)[C@@H]1O[C@@](O)(CO)[C@H](O)[C@H]1OC[C@@H](C(O)O)C1(c2ccc(O)cc2)CCCC1. The van der Waals surface area contributed by atoms with Crippen LogP contribution >= 0.6 is 0 Å². The molecule has 2 heterocycles. The van der Waals surface area contributed by atoms with E-state index in [4.69, 9.17) is 14.2 Å². The molecule has 5 aromatic rings. The molecule has 7 rings (SSSR count). The quantitative estimate of drug-likeness (QED) is 0.0616. The van der Waals surface area contributed by atoms with Crippen molar-refractivity contribution in [1.82, 2.24) is 4.98 Å². The number of ether oxygens (including phenoxy) is 3. The zero-order valence-corrected chi connectivity index (χ0v) is 26.5. The molecule has 8 N–H and O–H groups in total. The van der Waals surface area contributed by atoms with E-state index in [1.54, 1.807) is 12.1 Å². The van der Waals surface area contributed by atoms with Crippen LogP contribution < -0.4 is 4.74 Å². The number of aromatic nitrogens is 1. The Hall–Kier alpha value is -4.11. The van der Waals surface area contributed by atoms with Crippen molar-refractivity contribution >= 4 is 38.4 Å². The number of aliphatic hydroxyl groups excluding tert-OH is 4. The highest BCUT2D eigenvalue weighted by Crippen LogP contribution is 2.49. The summed E-state index contributed by atoms with van der Waals surface area (Å²) < 4.78 is 17.5. The fraction of sp³-hybridized carbons (Fsp3) is 0.378. The molecule has 1 aliphatic heterocycles. The monoisotopic (exact) mass is 673 g/mol.